The number of carbonyl (C=O) groups excluding carboxylic acids is 1. The molecule has 44 heavy (non-hydrogen) atoms. The van der Waals surface area contributed by atoms with Crippen molar-refractivity contribution >= 4 is 22.6 Å². The molecule has 5 nitrogen and oxygen atoms in total. The molecule has 0 radical (unpaired) electrons. The number of allylic oxidation sites excluding steroid dienone is 1. The molecule has 1 aliphatic carbocycles. The van der Waals surface area contributed by atoms with E-state index in [1.54, 1.807) is 18.2 Å². The summed E-state index contributed by atoms with van der Waals surface area (Å²) in [6, 6.07) is 24.6. The van der Waals surface area contributed by atoms with Crippen LogP contribution in [0.5, 0.6) is 5.75 Å². The molecule has 3 aromatic carbocycles. The minimum atomic E-state index is -2.83. The molecule has 230 valence electrons. The second kappa shape index (κ2) is 12.8. The highest BCUT2D eigenvalue weighted by atomic mass is 19.3. The molecule has 1 amide bonds. The Morgan fingerprint density at radius 1 is 0.955 bits per heavy atom. The van der Waals surface area contributed by atoms with Gasteiger partial charge in [-0.1, -0.05) is 54.6 Å². The Kier molecular flexibility index (Phi) is 8.74. The third-order valence-electron chi connectivity index (χ3n) is 9.11. The highest BCUT2D eigenvalue weighted by molar-refractivity contribution is 5.96. The molecule has 0 atom stereocenters. The average molecular weight is 599 g/mol. The van der Waals surface area contributed by atoms with Crippen LogP contribution in [-0.4, -0.2) is 31.1 Å². The zero-order chi connectivity index (χ0) is 30.7. The first kappa shape index (κ1) is 29.9. The number of anilines is 1. The van der Waals surface area contributed by atoms with Crippen LogP contribution in [0.4, 0.5) is 14.5 Å². The van der Waals surface area contributed by atoms with Crippen LogP contribution in [0.15, 0.2) is 95.4 Å². The predicted molar refractivity (Wildman–Crippen MR) is 171 cm³/mol. The van der Waals surface area contributed by atoms with Crippen LogP contribution in [0.1, 0.15) is 67.1 Å². The Bertz CT molecular complexity index is 1580. The predicted octanol–water partition coefficient (Wildman–Crippen LogP) is 8.68. The number of rotatable bonds is 9. The average Bonchev–Trinajstić information content (AvgIpc) is 3.46. The van der Waals surface area contributed by atoms with Crippen LogP contribution in [0.2, 0.25) is 0 Å². The number of furan rings is 1. The fraction of sp³-hybridized carbons (Fsp3) is 0.378. The molecule has 2 aliphatic rings. The Balaban J connectivity index is 0.980. The first-order valence-corrected chi connectivity index (χ1v) is 15.7. The van der Waals surface area contributed by atoms with Gasteiger partial charge in [0.15, 0.2) is 5.76 Å². The first-order chi connectivity index (χ1) is 21.2. The summed E-state index contributed by atoms with van der Waals surface area (Å²) >= 11 is 0. The fourth-order valence-electron chi connectivity index (χ4n) is 6.50. The number of benzene rings is 3. The minimum Gasteiger partial charge on any atom is -0.490 e. The van der Waals surface area contributed by atoms with Crippen molar-refractivity contribution in [1.82, 2.24) is 5.32 Å². The van der Waals surface area contributed by atoms with E-state index in [1.165, 1.54) is 23.3 Å². The van der Waals surface area contributed by atoms with Gasteiger partial charge >= 0.3 is 0 Å². The molecule has 0 unspecified atom stereocenters. The molecule has 7 heteroatoms. The maximum absolute atomic E-state index is 13.5. The van der Waals surface area contributed by atoms with Crippen LogP contribution in [0, 0.1) is 5.92 Å². The van der Waals surface area contributed by atoms with Crippen molar-refractivity contribution in [3.8, 4) is 5.75 Å². The number of hydrogen-bond donors (Lipinski definition) is 1. The zero-order valence-corrected chi connectivity index (χ0v) is 25.2. The Morgan fingerprint density at radius 3 is 2.34 bits per heavy atom. The van der Waals surface area contributed by atoms with Gasteiger partial charge in [-0.25, -0.2) is 8.78 Å². The Labute approximate surface area is 257 Å². The molecule has 1 saturated carbocycles. The normalized spacial score (nSPS) is 19.6. The molecule has 2 fully saturated rings. The SMILES string of the molecule is C=C(Cc1ccccc1)C1CCC(NC(=O)c2cc3cc(OC4CCN(c5ccc(C(C)(F)F)cc5)CC4)ccc3o2)CC1. The van der Waals surface area contributed by atoms with E-state index >= 15 is 0 Å². The third kappa shape index (κ3) is 7.15. The number of hydrogen-bond acceptors (Lipinski definition) is 4. The summed E-state index contributed by atoms with van der Waals surface area (Å²) < 4.78 is 39.3. The molecule has 1 aliphatic heterocycles. The molecule has 2 heterocycles. The lowest BCUT2D eigenvalue weighted by molar-refractivity contribution is 0.0175. The molecule has 1 saturated heterocycles. The lowest BCUT2D eigenvalue weighted by Gasteiger charge is -2.34. The zero-order valence-electron chi connectivity index (χ0n) is 25.2. The van der Waals surface area contributed by atoms with E-state index in [0.717, 1.165) is 81.8 Å². The second-order valence-corrected chi connectivity index (χ2v) is 12.4. The van der Waals surface area contributed by atoms with Gasteiger partial charge < -0.3 is 19.4 Å². The number of nitrogens with zero attached hydrogens (tertiary/aromatic N) is 1. The van der Waals surface area contributed by atoms with Gasteiger partial charge in [-0.15, -0.1) is 0 Å². The number of fused-ring (bicyclic) bond motifs is 1. The van der Waals surface area contributed by atoms with Gasteiger partial charge in [0.1, 0.15) is 17.4 Å². The lowest BCUT2D eigenvalue weighted by atomic mass is 9.80. The number of alkyl halides is 2. The first-order valence-electron chi connectivity index (χ1n) is 15.7. The molecular weight excluding hydrogens is 558 g/mol. The standard InChI is InChI=1S/C37H40F2N2O3/c1-25(22-26-6-4-3-5-7-26)27-8-12-30(13-9-27)40-36(42)35-24-28-23-33(16-17-34(28)44-35)43-32-18-20-41(21-19-32)31-14-10-29(11-15-31)37(2,38)39/h3-7,10-11,14-17,23-24,27,30,32H,1,8-9,12-13,18-22H2,2H3,(H,40,42). The van der Waals surface area contributed by atoms with Crippen molar-refractivity contribution in [3.05, 3.63) is 108 Å². The highest BCUT2D eigenvalue weighted by Crippen LogP contribution is 2.33. The molecule has 6 rings (SSSR count). The van der Waals surface area contributed by atoms with Crippen molar-refractivity contribution in [3.63, 3.8) is 0 Å². The summed E-state index contributed by atoms with van der Waals surface area (Å²) in [5, 5.41) is 4.01. The number of halogens is 2. The van der Waals surface area contributed by atoms with Gasteiger partial charge in [0.05, 0.1) is 0 Å². The van der Waals surface area contributed by atoms with Crippen molar-refractivity contribution in [2.75, 3.05) is 18.0 Å². The van der Waals surface area contributed by atoms with Crippen LogP contribution < -0.4 is 15.0 Å². The van der Waals surface area contributed by atoms with E-state index in [4.69, 9.17) is 9.15 Å². The summed E-state index contributed by atoms with van der Waals surface area (Å²) in [5.41, 5.74) is 4.20. The second-order valence-electron chi connectivity index (χ2n) is 12.4. The molecule has 1 aromatic heterocycles. The molecule has 0 bridgehead atoms. The number of piperidine rings is 1. The molecular formula is C37H40F2N2O3. The van der Waals surface area contributed by atoms with Crippen molar-refractivity contribution in [2.45, 2.75) is 69.9 Å². The fourth-order valence-corrected chi connectivity index (χ4v) is 6.50. The van der Waals surface area contributed by atoms with E-state index < -0.39 is 5.92 Å². The van der Waals surface area contributed by atoms with E-state index in [-0.39, 0.29) is 23.6 Å². The maximum Gasteiger partial charge on any atom is 0.287 e. The third-order valence-corrected chi connectivity index (χ3v) is 9.11. The van der Waals surface area contributed by atoms with E-state index in [1.807, 2.05) is 24.3 Å². The van der Waals surface area contributed by atoms with E-state index in [2.05, 4.69) is 41.1 Å². The van der Waals surface area contributed by atoms with Gasteiger partial charge in [-0.3, -0.25) is 4.79 Å². The topological polar surface area (TPSA) is 54.7 Å². The number of nitrogens with one attached hydrogen (secondary N) is 1. The summed E-state index contributed by atoms with van der Waals surface area (Å²) in [5.74, 6) is -1.47. The van der Waals surface area contributed by atoms with E-state index in [9.17, 15) is 13.6 Å². The van der Waals surface area contributed by atoms with Gasteiger partial charge in [0.2, 0.25) is 0 Å². The van der Waals surface area contributed by atoms with Gasteiger partial charge in [0, 0.05) is 55.5 Å². The number of amides is 1. The monoisotopic (exact) mass is 598 g/mol. The summed E-state index contributed by atoms with van der Waals surface area (Å²) in [7, 11) is 0. The van der Waals surface area contributed by atoms with Gasteiger partial charge in [-0.05, 0) is 80.0 Å². The summed E-state index contributed by atoms with van der Waals surface area (Å²) in [6.45, 7) is 6.85. The number of carbonyl (C=O) groups is 1. The highest BCUT2D eigenvalue weighted by Gasteiger charge is 2.27. The van der Waals surface area contributed by atoms with Crippen LogP contribution in [0.3, 0.4) is 0 Å². The van der Waals surface area contributed by atoms with Crippen LogP contribution in [0.25, 0.3) is 11.0 Å². The molecule has 4 aromatic rings. The van der Waals surface area contributed by atoms with Crippen LogP contribution >= 0.6 is 0 Å². The van der Waals surface area contributed by atoms with Crippen molar-refractivity contribution in [1.29, 1.82) is 0 Å². The summed E-state index contributed by atoms with van der Waals surface area (Å²) in [4.78, 5) is 15.3. The Morgan fingerprint density at radius 2 is 1.66 bits per heavy atom. The van der Waals surface area contributed by atoms with Crippen molar-refractivity contribution < 1.29 is 22.7 Å². The van der Waals surface area contributed by atoms with E-state index in [0.29, 0.717) is 17.3 Å². The van der Waals surface area contributed by atoms with Crippen molar-refractivity contribution in [2.24, 2.45) is 5.92 Å². The molecule has 1 N–H and O–H groups in total. The Hall–Kier alpha value is -4.13. The smallest absolute Gasteiger partial charge is 0.287 e. The van der Waals surface area contributed by atoms with Crippen LogP contribution in [-0.2, 0) is 12.3 Å². The maximum atomic E-state index is 13.5. The largest absolute Gasteiger partial charge is 0.490 e. The minimum absolute atomic E-state index is 0.0265. The van der Waals surface area contributed by atoms with Gasteiger partial charge in [0.25, 0.3) is 11.8 Å². The number of ether oxygens (including phenoxy) is 1. The quantitative estimate of drug-likeness (QED) is 0.196. The summed E-state index contributed by atoms with van der Waals surface area (Å²) in [6.07, 6.45) is 6.53. The van der Waals surface area contributed by atoms with Gasteiger partial charge in [-0.2, -0.15) is 0 Å². The molecule has 0 spiro atoms. The lowest BCUT2D eigenvalue weighted by Crippen LogP contribution is -2.38.